The van der Waals surface area contributed by atoms with Crippen molar-refractivity contribution in [3.63, 3.8) is 0 Å². The minimum atomic E-state index is -0.148. The van der Waals surface area contributed by atoms with Gasteiger partial charge >= 0.3 is 0 Å². The highest BCUT2D eigenvalue weighted by Crippen LogP contribution is 2.34. The van der Waals surface area contributed by atoms with E-state index in [1.807, 2.05) is 43.3 Å². The van der Waals surface area contributed by atoms with Gasteiger partial charge in [-0.05, 0) is 41.1 Å². The number of hydrogen-bond donors (Lipinski definition) is 0. The number of hydrogen-bond acceptors (Lipinski definition) is 4. The first-order chi connectivity index (χ1) is 12.7. The van der Waals surface area contributed by atoms with E-state index in [1.165, 1.54) is 0 Å². The zero-order valence-corrected chi connectivity index (χ0v) is 15.9. The maximum Gasteiger partial charge on any atom is 0.289 e. The van der Waals surface area contributed by atoms with Gasteiger partial charge in [-0.1, -0.05) is 24.3 Å². The molecule has 2 heterocycles. The molecule has 1 amide bonds. The van der Waals surface area contributed by atoms with Crippen LogP contribution in [0.25, 0.3) is 11.0 Å². The van der Waals surface area contributed by atoms with Crippen LogP contribution in [0, 0.1) is 0 Å². The Bertz CT molecular complexity index is 966. The van der Waals surface area contributed by atoms with Crippen molar-refractivity contribution in [3.05, 3.63) is 58.3 Å². The first-order valence-electron chi connectivity index (χ1n) is 8.52. The lowest BCUT2D eigenvalue weighted by molar-refractivity contribution is 0.0719. The second kappa shape index (κ2) is 7.03. The van der Waals surface area contributed by atoms with Gasteiger partial charge in [0.2, 0.25) is 0 Å². The van der Waals surface area contributed by atoms with Gasteiger partial charge in [0.1, 0.15) is 18.8 Å². The average molecular weight is 416 g/mol. The van der Waals surface area contributed by atoms with Crippen molar-refractivity contribution in [1.29, 1.82) is 0 Å². The van der Waals surface area contributed by atoms with Crippen LogP contribution < -0.4 is 9.47 Å². The van der Waals surface area contributed by atoms with Gasteiger partial charge < -0.3 is 18.8 Å². The molecule has 0 fully saturated rings. The lowest BCUT2D eigenvalue weighted by atomic mass is 10.1. The van der Waals surface area contributed by atoms with E-state index in [4.69, 9.17) is 13.9 Å². The quantitative estimate of drug-likeness (QED) is 0.623. The van der Waals surface area contributed by atoms with Gasteiger partial charge in [-0.3, -0.25) is 4.79 Å². The zero-order valence-electron chi connectivity index (χ0n) is 14.3. The van der Waals surface area contributed by atoms with E-state index in [0.29, 0.717) is 37.6 Å². The lowest BCUT2D eigenvalue weighted by Gasteiger charge is -2.24. The third-order valence-corrected chi connectivity index (χ3v) is 5.01. The Morgan fingerprint density at radius 1 is 1.15 bits per heavy atom. The number of nitrogens with zero attached hydrogens (tertiary/aromatic N) is 1. The number of ether oxygens (including phenoxy) is 2. The summed E-state index contributed by atoms with van der Waals surface area (Å²) in [5.41, 5.74) is 1.61. The van der Waals surface area contributed by atoms with Crippen LogP contribution in [0.1, 0.15) is 23.0 Å². The Balaban J connectivity index is 1.62. The van der Waals surface area contributed by atoms with Crippen LogP contribution in [-0.4, -0.2) is 30.6 Å². The van der Waals surface area contributed by atoms with Gasteiger partial charge in [0.05, 0.1) is 4.47 Å². The fraction of sp³-hybridized carbons (Fsp3) is 0.250. The van der Waals surface area contributed by atoms with E-state index in [2.05, 4.69) is 15.9 Å². The Morgan fingerprint density at radius 3 is 2.77 bits per heavy atom. The molecule has 0 bridgehead atoms. The molecule has 1 aliphatic rings. The van der Waals surface area contributed by atoms with Crippen LogP contribution in [0.5, 0.6) is 11.5 Å². The molecule has 5 nitrogen and oxygen atoms in total. The third kappa shape index (κ3) is 3.05. The number of benzene rings is 2. The minimum absolute atomic E-state index is 0.148. The van der Waals surface area contributed by atoms with E-state index >= 15 is 0 Å². The zero-order chi connectivity index (χ0) is 18.1. The van der Waals surface area contributed by atoms with Crippen LogP contribution in [0.2, 0.25) is 0 Å². The average Bonchev–Trinajstić information content (AvgIpc) is 3.11. The Labute approximate surface area is 159 Å². The van der Waals surface area contributed by atoms with Crippen LogP contribution in [-0.2, 0) is 6.54 Å². The largest absolute Gasteiger partial charge is 0.486 e. The molecule has 0 aliphatic carbocycles. The van der Waals surface area contributed by atoms with Gasteiger partial charge in [0, 0.05) is 24.0 Å². The molecule has 2 aromatic carbocycles. The number of rotatable bonds is 4. The number of halogens is 1. The summed E-state index contributed by atoms with van der Waals surface area (Å²) < 4.78 is 18.0. The monoisotopic (exact) mass is 415 g/mol. The van der Waals surface area contributed by atoms with Crippen molar-refractivity contribution in [2.45, 2.75) is 13.5 Å². The molecular formula is C20H18BrNO4. The van der Waals surface area contributed by atoms with E-state index in [1.54, 1.807) is 11.0 Å². The number of carbonyl (C=O) groups is 1. The Hall–Kier alpha value is -2.47. The van der Waals surface area contributed by atoms with E-state index in [9.17, 15) is 4.79 Å². The third-order valence-electron chi connectivity index (χ3n) is 4.38. The number of furan rings is 1. The molecule has 134 valence electrons. The molecule has 0 radical (unpaired) electrons. The predicted molar refractivity (Wildman–Crippen MR) is 102 cm³/mol. The van der Waals surface area contributed by atoms with Crippen LogP contribution in [0.3, 0.4) is 0 Å². The topological polar surface area (TPSA) is 51.9 Å². The number of carbonyl (C=O) groups excluding carboxylic acids is 1. The predicted octanol–water partition coefficient (Wildman–Crippen LogP) is 4.63. The van der Waals surface area contributed by atoms with Crippen molar-refractivity contribution >= 4 is 32.8 Å². The summed E-state index contributed by atoms with van der Waals surface area (Å²) in [6, 6.07) is 13.3. The fourth-order valence-corrected chi connectivity index (χ4v) is 3.54. The van der Waals surface area contributed by atoms with Crippen LogP contribution >= 0.6 is 15.9 Å². The molecule has 0 N–H and O–H groups in total. The molecule has 1 aromatic heterocycles. The first kappa shape index (κ1) is 17.0. The van der Waals surface area contributed by atoms with Gasteiger partial charge in [-0.25, -0.2) is 0 Å². The molecule has 0 spiro atoms. The molecule has 4 rings (SSSR count). The normalized spacial score (nSPS) is 13.0. The number of para-hydroxylation sites is 2. The fourth-order valence-electron chi connectivity index (χ4n) is 3.08. The number of fused-ring (bicyclic) bond motifs is 2. The van der Waals surface area contributed by atoms with Gasteiger partial charge in [-0.15, -0.1) is 0 Å². The highest BCUT2D eigenvalue weighted by molar-refractivity contribution is 9.10. The van der Waals surface area contributed by atoms with E-state index in [0.717, 1.165) is 26.9 Å². The molecule has 0 atom stereocenters. The molecule has 0 saturated heterocycles. The van der Waals surface area contributed by atoms with Crippen molar-refractivity contribution in [3.8, 4) is 11.5 Å². The molecule has 3 aromatic rings. The maximum absolute atomic E-state index is 13.0. The Morgan fingerprint density at radius 2 is 1.96 bits per heavy atom. The summed E-state index contributed by atoms with van der Waals surface area (Å²) in [6.45, 7) is 3.99. The highest BCUT2D eigenvalue weighted by Gasteiger charge is 2.23. The van der Waals surface area contributed by atoms with Gasteiger partial charge in [-0.2, -0.15) is 0 Å². The lowest BCUT2D eigenvalue weighted by Crippen LogP contribution is -2.30. The molecule has 6 heteroatoms. The van der Waals surface area contributed by atoms with Crippen molar-refractivity contribution in [2.75, 3.05) is 19.8 Å². The molecular weight excluding hydrogens is 398 g/mol. The summed E-state index contributed by atoms with van der Waals surface area (Å²) in [4.78, 5) is 14.7. The van der Waals surface area contributed by atoms with E-state index in [-0.39, 0.29) is 5.91 Å². The molecule has 1 aliphatic heterocycles. The summed E-state index contributed by atoms with van der Waals surface area (Å²) >= 11 is 3.46. The second-order valence-corrected chi connectivity index (χ2v) is 6.88. The Kier molecular flexibility index (Phi) is 4.59. The smallest absolute Gasteiger partial charge is 0.289 e. The van der Waals surface area contributed by atoms with Crippen LogP contribution in [0.4, 0.5) is 0 Å². The molecule has 26 heavy (non-hydrogen) atoms. The minimum Gasteiger partial charge on any atom is -0.486 e. The maximum atomic E-state index is 13.0. The highest BCUT2D eigenvalue weighted by atomic mass is 79.9. The first-order valence-corrected chi connectivity index (χ1v) is 9.31. The summed E-state index contributed by atoms with van der Waals surface area (Å²) in [7, 11) is 0. The summed E-state index contributed by atoms with van der Waals surface area (Å²) in [6.07, 6.45) is 0. The van der Waals surface area contributed by atoms with Crippen molar-refractivity contribution in [2.24, 2.45) is 0 Å². The van der Waals surface area contributed by atoms with Crippen molar-refractivity contribution in [1.82, 2.24) is 4.90 Å². The van der Waals surface area contributed by atoms with Gasteiger partial charge in [0.25, 0.3) is 5.91 Å². The summed E-state index contributed by atoms with van der Waals surface area (Å²) in [5, 5.41) is 0.896. The van der Waals surface area contributed by atoms with Gasteiger partial charge in [0.15, 0.2) is 17.3 Å². The SMILES string of the molecule is CCN(Cc1cccc2c1OCCO2)C(=O)c1cc2cccc(Br)c2o1. The van der Waals surface area contributed by atoms with Crippen molar-refractivity contribution < 1.29 is 18.7 Å². The van der Waals surface area contributed by atoms with E-state index < -0.39 is 0 Å². The van der Waals surface area contributed by atoms with Crippen LogP contribution in [0.15, 0.2) is 51.4 Å². The molecule has 0 saturated carbocycles. The molecule has 0 unspecified atom stereocenters. The standard InChI is InChI=1S/C20H18BrNO4/c1-2-22(12-14-6-4-8-16-19(14)25-10-9-24-16)20(23)17-11-13-5-3-7-15(21)18(13)26-17/h3-8,11H,2,9-10,12H2,1H3. The second-order valence-electron chi connectivity index (χ2n) is 6.03. The summed E-state index contributed by atoms with van der Waals surface area (Å²) in [5.74, 6) is 1.63. The number of amides is 1.